The summed E-state index contributed by atoms with van der Waals surface area (Å²) in [6.07, 6.45) is 7.46. The number of nitrogens with zero attached hydrogens (tertiary/aromatic N) is 1. The Balaban J connectivity index is 2.35. The second kappa shape index (κ2) is 6.97. The van der Waals surface area contributed by atoms with Crippen molar-refractivity contribution in [2.45, 2.75) is 38.1 Å². The molecule has 0 radical (unpaired) electrons. The molecule has 1 N–H and O–H groups in total. The highest BCUT2D eigenvalue weighted by molar-refractivity contribution is 7.84. The molecule has 0 heterocycles. The number of nitrogens with one attached hydrogen (secondary N) is 1. The maximum absolute atomic E-state index is 10.9. The van der Waals surface area contributed by atoms with Crippen LogP contribution in [-0.4, -0.2) is 28.8 Å². The minimum atomic E-state index is -0.733. The van der Waals surface area contributed by atoms with Crippen molar-refractivity contribution in [3.8, 4) is 6.07 Å². The molecule has 0 amide bonds. The molecule has 0 bridgehead atoms. The predicted molar refractivity (Wildman–Crippen MR) is 62.9 cm³/mol. The van der Waals surface area contributed by atoms with Gasteiger partial charge >= 0.3 is 0 Å². The Hall–Kier alpha value is -0.400. The highest BCUT2D eigenvalue weighted by Crippen LogP contribution is 2.22. The minimum Gasteiger partial charge on any atom is -0.312 e. The van der Waals surface area contributed by atoms with E-state index in [0.717, 1.165) is 19.4 Å². The third-order valence-electron chi connectivity index (χ3n) is 2.98. The van der Waals surface area contributed by atoms with Crippen LogP contribution in [0, 0.1) is 17.2 Å². The van der Waals surface area contributed by atoms with Crippen molar-refractivity contribution in [3.63, 3.8) is 0 Å². The molecule has 0 aliphatic heterocycles. The van der Waals surface area contributed by atoms with E-state index in [1.165, 1.54) is 19.3 Å². The molecule has 3 unspecified atom stereocenters. The SMILES string of the molecule is CS(=O)CCNC1CCCCCC1C#N. The lowest BCUT2D eigenvalue weighted by atomic mass is 9.96. The fourth-order valence-electron chi connectivity index (χ4n) is 2.09. The van der Waals surface area contributed by atoms with Crippen LogP contribution in [-0.2, 0) is 10.8 Å². The van der Waals surface area contributed by atoms with Gasteiger partial charge in [-0.25, -0.2) is 0 Å². The van der Waals surface area contributed by atoms with Crippen LogP contribution in [0.5, 0.6) is 0 Å². The first-order valence-corrected chi connectivity index (χ1v) is 7.40. The van der Waals surface area contributed by atoms with Crippen LogP contribution in [0.4, 0.5) is 0 Å². The van der Waals surface area contributed by atoms with Crippen LogP contribution < -0.4 is 5.32 Å². The van der Waals surface area contributed by atoms with Crippen molar-refractivity contribution >= 4 is 10.8 Å². The molecule has 15 heavy (non-hydrogen) atoms. The standard InChI is InChI=1S/C11H20N2OS/c1-15(14)8-7-13-11-6-4-2-3-5-10(11)9-12/h10-11,13H,2-8H2,1H3. The lowest BCUT2D eigenvalue weighted by molar-refractivity contribution is 0.404. The molecule has 1 rings (SSSR count). The molecule has 1 aliphatic rings. The average Bonchev–Trinajstić information content (AvgIpc) is 2.42. The summed E-state index contributed by atoms with van der Waals surface area (Å²) in [4.78, 5) is 0. The predicted octanol–water partition coefficient (Wildman–Crippen LogP) is 1.43. The van der Waals surface area contributed by atoms with Crippen molar-refractivity contribution in [2.24, 2.45) is 5.92 Å². The normalized spacial score (nSPS) is 29.1. The van der Waals surface area contributed by atoms with E-state index in [0.29, 0.717) is 11.8 Å². The second-order valence-electron chi connectivity index (χ2n) is 4.21. The Kier molecular flexibility index (Phi) is 5.89. The molecule has 1 saturated carbocycles. The molecule has 3 atom stereocenters. The molecule has 0 spiro atoms. The van der Waals surface area contributed by atoms with Crippen LogP contribution in [0.15, 0.2) is 0 Å². The van der Waals surface area contributed by atoms with Gasteiger partial charge in [0.25, 0.3) is 0 Å². The molecular weight excluding hydrogens is 208 g/mol. The summed E-state index contributed by atoms with van der Waals surface area (Å²) in [5.74, 6) is 0.840. The summed E-state index contributed by atoms with van der Waals surface area (Å²) in [5, 5.41) is 12.4. The molecular formula is C11H20N2OS. The maximum Gasteiger partial charge on any atom is 0.0672 e. The van der Waals surface area contributed by atoms with Gasteiger partial charge in [-0.3, -0.25) is 4.21 Å². The molecule has 4 heteroatoms. The fourth-order valence-corrected chi connectivity index (χ4v) is 2.50. The van der Waals surface area contributed by atoms with Crippen LogP contribution in [0.25, 0.3) is 0 Å². The number of hydrogen-bond acceptors (Lipinski definition) is 3. The quantitative estimate of drug-likeness (QED) is 0.741. The molecule has 0 aromatic rings. The van der Waals surface area contributed by atoms with Gasteiger partial charge in [0.15, 0.2) is 0 Å². The maximum atomic E-state index is 10.9. The first-order valence-electron chi connectivity index (χ1n) is 5.67. The van der Waals surface area contributed by atoms with E-state index in [2.05, 4.69) is 11.4 Å². The molecule has 0 aromatic heterocycles. The van der Waals surface area contributed by atoms with Crippen molar-refractivity contribution in [2.75, 3.05) is 18.6 Å². The molecule has 0 saturated heterocycles. The zero-order valence-corrected chi connectivity index (χ0v) is 10.2. The van der Waals surface area contributed by atoms with Crippen LogP contribution >= 0.6 is 0 Å². The minimum absolute atomic E-state index is 0.151. The molecule has 1 fully saturated rings. The van der Waals surface area contributed by atoms with Gasteiger partial charge in [0.2, 0.25) is 0 Å². The van der Waals surface area contributed by atoms with E-state index in [1.807, 2.05) is 0 Å². The molecule has 3 nitrogen and oxygen atoms in total. The molecule has 86 valence electrons. The van der Waals surface area contributed by atoms with Gasteiger partial charge in [-0.2, -0.15) is 5.26 Å². The third kappa shape index (κ3) is 4.76. The lowest BCUT2D eigenvalue weighted by Gasteiger charge is -2.20. The van der Waals surface area contributed by atoms with Crippen molar-refractivity contribution < 1.29 is 4.21 Å². The van der Waals surface area contributed by atoms with Crippen molar-refractivity contribution in [1.82, 2.24) is 5.32 Å². The summed E-state index contributed by atoms with van der Waals surface area (Å²) in [7, 11) is -0.733. The summed E-state index contributed by atoms with van der Waals surface area (Å²) in [6.45, 7) is 0.770. The van der Waals surface area contributed by atoms with Gasteiger partial charge in [-0.1, -0.05) is 19.3 Å². The van der Waals surface area contributed by atoms with E-state index in [4.69, 9.17) is 5.26 Å². The zero-order valence-electron chi connectivity index (χ0n) is 9.37. The summed E-state index contributed by atoms with van der Waals surface area (Å²) < 4.78 is 10.9. The highest BCUT2D eigenvalue weighted by atomic mass is 32.2. The average molecular weight is 228 g/mol. The monoisotopic (exact) mass is 228 g/mol. The molecule has 0 aromatic carbocycles. The van der Waals surface area contributed by atoms with Crippen LogP contribution in [0.2, 0.25) is 0 Å². The summed E-state index contributed by atoms with van der Waals surface area (Å²) in [5.41, 5.74) is 0. The Morgan fingerprint density at radius 2 is 2.13 bits per heavy atom. The Labute approximate surface area is 94.7 Å². The van der Waals surface area contributed by atoms with Crippen LogP contribution in [0.1, 0.15) is 32.1 Å². The Morgan fingerprint density at radius 3 is 2.80 bits per heavy atom. The van der Waals surface area contributed by atoms with Gasteiger partial charge < -0.3 is 5.32 Å². The highest BCUT2D eigenvalue weighted by Gasteiger charge is 2.22. The van der Waals surface area contributed by atoms with E-state index in [-0.39, 0.29) is 5.92 Å². The smallest absolute Gasteiger partial charge is 0.0672 e. The van der Waals surface area contributed by atoms with Gasteiger partial charge in [0, 0.05) is 35.4 Å². The van der Waals surface area contributed by atoms with Gasteiger partial charge in [0.05, 0.1) is 12.0 Å². The largest absolute Gasteiger partial charge is 0.312 e. The second-order valence-corrected chi connectivity index (χ2v) is 5.77. The van der Waals surface area contributed by atoms with E-state index >= 15 is 0 Å². The Morgan fingerprint density at radius 1 is 1.40 bits per heavy atom. The van der Waals surface area contributed by atoms with Gasteiger partial charge in [-0.05, 0) is 12.8 Å². The van der Waals surface area contributed by atoms with Gasteiger partial charge in [-0.15, -0.1) is 0 Å². The number of nitriles is 1. The fraction of sp³-hybridized carbons (Fsp3) is 0.909. The first-order chi connectivity index (χ1) is 7.24. The van der Waals surface area contributed by atoms with Crippen molar-refractivity contribution in [3.05, 3.63) is 0 Å². The van der Waals surface area contributed by atoms with Crippen molar-refractivity contribution in [1.29, 1.82) is 5.26 Å². The van der Waals surface area contributed by atoms with Gasteiger partial charge in [0.1, 0.15) is 0 Å². The first kappa shape index (κ1) is 12.7. The van der Waals surface area contributed by atoms with Crippen LogP contribution in [0.3, 0.4) is 0 Å². The summed E-state index contributed by atoms with van der Waals surface area (Å²) >= 11 is 0. The van der Waals surface area contributed by atoms with E-state index < -0.39 is 10.8 Å². The lowest BCUT2D eigenvalue weighted by Crippen LogP contribution is -2.37. The zero-order chi connectivity index (χ0) is 11.1. The number of rotatable bonds is 4. The topological polar surface area (TPSA) is 52.9 Å². The number of hydrogen-bond donors (Lipinski definition) is 1. The van der Waals surface area contributed by atoms with E-state index in [1.54, 1.807) is 6.26 Å². The third-order valence-corrected chi connectivity index (χ3v) is 3.76. The Bertz CT molecular complexity index is 249. The molecule has 1 aliphatic carbocycles. The summed E-state index contributed by atoms with van der Waals surface area (Å²) in [6, 6.07) is 2.71. The van der Waals surface area contributed by atoms with E-state index in [9.17, 15) is 4.21 Å².